The van der Waals surface area contributed by atoms with Crippen LogP contribution in [0.3, 0.4) is 0 Å². The number of Topliss-reactive ketones (excluding diaryl/α,β-unsaturated/α-hetero) is 1. The van der Waals surface area contributed by atoms with Crippen LogP contribution in [-0.2, 0) is 0 Å². The fourth-order valence-corrected chi connectivity index (χ4v) is 2.32. The second-order valence-electron chi connectivity index (χ2n) is 4.70. The van der Waals surface area contributed by atoms with Crippen LogP contribution < -0.4 is 0 Å². The molecule has 0 aliphatic heterocycles. The van der Waals surface area contributed by atoms with E-state index in [0.717, 1.165) is 0 Å². The van der Waals surface area contributed by atoms with Crippen LogP contribution in [0.5, 0.6) is 0 Å². The van der Waals surface area contributed by atoms with E-state index in [1.165, 1.54) is 12.4 Å². The predicted octanol–water partition coefficient (Wildman–Crippen LogP) is 3.62. The average molecular weight is 299 g/mol. The minimum absolute atomic E-state index is 0.166. The highest BCUT2D eigenvalue weighted by molar-refractivity contribution is 6.31. The van der Waals surface area contributed by atoms with Crippen molar-refractivity contribution in [3.05, 3.63) is 35.6 Å². The third-order valence-electron chi connectivity index (χ3n) is 3.20. The number of nitrogens with zero attached hydrogens (tertiary/aromatic N) is 2. The first-order valence-electron chi connectivity index (χ1n) is 5.95. The van der Waals surface area contributed by atoms with Gasteiger partial charge in [0.15, 0.2) is 5.76 Å². The third-order valence-corrected chi connectivity index (χ3v) is 3.50. The van der Waals surface area contributed by atoms with E-state index in [1.807, 2.05) is 0 Å². The molecule has 0 N–H and O–H groups in total. The van der Waals surface area contributed by atoms with Crippen molar-refractivity contribution in [3.8, 4) is 11.3 Å². The average Bonchev–Trinajstić information content (AvgIpc) is 2.85. The molecule has 1 saturated carbocycles. The van der Waals surface area contributed by atoms with Gasteiger partial charge in [-0.1, -0.05) is 11.6 Å². The third kappa shape index (κ3) is 2.31. The summed E-state index contributed by atoms with van der Waals surface area (Å²) in [5, 5.41) is 0.220. The molecule has 0 unspecified atom stereocenters. The molecule has 0 spiro atoms. The number of alkyl halides is 2. The zero-order valence-corrected chi connectivity index (χ0v) is 10.9. The van der Waals surface area contributed by atoms with Crippen molar-refractivity contribution in [2.75, 3.05) is 0 Å². The Labute approximate surface area is 117 Å². The van der Waals surface area contributed by atoms with Crippen LogP contribution in [0, 0.1) is 5.92 Å². The summed E-state index contributed by atoms with van der Waals surface area (Å²) in [5.41, 5.74) is 0.500. The monoisotopic (exact) mass is 298 g/mol. The quantitative estimate of drug-likeness (QED) is 0.641. The van der Waals surface area contributed by atoms with Crippen molar-refractivity contribution in [1.29, 1.82) is 0 Å². The Bertz CT molecular complexity index is 664. The number of hydrogen-bond acceptors (Lipinski definition) is 4. The van der Waals surface area contributed by atoms with Crippen molar-refractivity contribution in [2.24, 2.45) is 5.92 Å². The van der Waals surface area contributed by atoms with Crippen molar-refractivity contribution in [2.45, 2.75) is 18.8 Å². The largest absolute Gasteiger partial charge is 0.434 e. The topological polar surface area (TPSA) is 56.0 Å². The lowest BCUT2D eigenvalue weighted by Crippen LogP contribution is -2.40. The van der Waals surface area contributed by atoms with Crippen LogP contribution in [0.2, 0.25) is 5.15 Å². The van der Waals surface area contributed by atoms with E-state index in [2.05, 4.69) is 9.97 Å². The van der Waals surface area contributed by atoms with Crippen LogP contribution in [0.15, 0.2) is 28.9 Å². The fraction of sp³-hybridized carbons (Fsp3) is 0.308. The maximum Gasteiger partial charge on any atom is 0.263 e. The van der Waals surface area contributed by atoms with Gasteiger partial charge < -0.3 is 4.42 Å². The molecule has 2 aromatic rings. The molecule has 20 heavy (non-hydrogen) atoms. The lowest BCUT2D eigenvalue weighted by Gasteiger charge is -2.32. The number of aromatic nitrogens is 2. The summed E-state index contributed by atoms with van der Waals surface area (Å²) in [6.45, 7) is 0. The summed E-state index contributed by atoms with van der Waals surface area (Å²) >= 11 is 5.90. The Kier molecular flexibility index (Phi) is 3.05. The van der Waals surface area contributed by atoms with E-state index in [9.17, 15) is 13.6 Å². The van der Waals surface area contributed by atoms with E-state index in [-0.39, 0.29) is 16.8 Å². The molecule has 0 radical (unpaired) electrons. The normalized spacial score (nSPS) is 17.8. The summed E-state index contributed by atoms with van der Waals surface area (Å²) in [6.07, 6.45) is 1.96. The summed E-state index contributed by atoms with van der Waals surface area (Å²) < 4.78 is 30.8. The first-order chi connectivity index (χ1) is 9.46. The number of carbonyl (C=O) groups is 1. The summed E-state index contributed by atoms with van der Waals surface area (Å²) in [4.78, 5) is 19.6. The first kappa shape index (κ1) is 13.2. The van der Waals surface area contributed by atoms with Gasteiger partial charge in [0.05, 0.1) is 11.8 Å². The highest BCUT2D eigenvalue weighted by atomic mass is 35.5. The standard InChI is InChI=1S/C13H9ClF2N2O2/c14-11-8(2-1-3-17-11)9-6-18-12(20-9)10(19)7-4-13(15,16)5-7/h1-3,6-7H,4-5H2. The maximum absolute atomic E-state index is 12.8. The second-order valence-corrected chi connectivity index (χ2v) is 5.05. The van der Waals surface area contributed by atoms with Crippen LogP contribution in [0.4, 0.5) is 8.78 Å². The van der Waals surface area contributed by atoms with Gasteiger partial charge in [-0.05, 0) is 12.1 Å². The van der Waals surface area contributed by atoms with Crippen molar-refractivity contribution >= 4 is 17.4 Å². The molecule has 1 aliphatic carbocycles. The predicted molar refractivity (Wildman–Crippen MR) is 66.7 cm³/mol. The van der Waals surface area contributed by atoms with E-state index >= 15 is 0 Å². The zero-order chi connectivity index (χ0) is 14.3. The smallest absolute Gasteiger partial charge is 0.263 e. The molecule has 1 fully saturated rings. The SMILES string of the molecule is O=C(c1ncc(-c2cccnc2Cl)o1)C1CC(F)(F)C1. The summed E-state index contributed by atoms with van der Waals surface area (Å²) in [5.74, 6) is -3.84. The Hall–Kier alpha value is -1.82. The fourth-order valence-electron chi connectivity index (χ4n) is 2.10. The Morgan fingerprint density at radius 2 is 2.15 bits per heavy atom. The number of hydrogen-bond donors (Lipinski definition) is 0. The molecule has 1 aliphatic rings. The number of halogens is 3. The lowest BCUT2D eigenvalue weighted by molar-refractivity contribution is -0.0987. The van der Waals surface area contributed by atoms with Gasteiger partial charge in [-0.25, -0.2) is 18.7 Å². The molecule has 0 aromatic carbocycles. The molecule has 0 bridgehead atoms. The van der Waals surface area contributed by atoms with Gasteiger partial charge in [0, 0.05) is 25.0 Å². The molecule has 0 atom stereocenters. The number of carbonyl (C=O) groups excluding carboxylic acids is 1. The van der Waals surface area contributed by atoms with Crippen LogP contribution >= 0.6 is 11.6 Å². The number of rotatable bonds is 3. The highest BCUT2D eigenvalue weighted by Crippen LogP contribution is 2.43. The lowest BCUT2D eigenvalue weighted by atomic mass is 9.78. The van der Waals surface area contributed by atoms with Gasteiger partial charge in [0.2, 0.25) is 11.7 Å². The molecule has 2 aromatic heterocycles. The van der Waals surface area contributed by atoms with Gasteiger partial charge >= 0.3 is 0 Å². The molecule has 3 rings (SSSR count). The molecule has 7 heteroatoms. The first-order valence-corrected chi connectivity index (χ1v) is 6.33. The minimum atomic E-state index is -2.75. The van der Waals surface area contributed by atoms with Crippen LogP contribution in [-0.4, -0.2) is 21.7 Å². The van der Waals surface area contributed by atoms with Crippen LogP contribution in [0.1, 0.15) is 23.5 Å². The minimum Gasteiger partial charge on any atom is -0.434 e. The van der Waals surface area contributed by atoms with Crippen molar-refractivity contribution in [3.63, 3.8) is 0 Å². The molecule has 104 valence electrons. The Morgan fingerprint density at radius 1 is 1.40 bits per heavy atom. The Morgan fingerprint density at radius 3 is 2.80 bits per heavy atom. The Balaban J connectivity index is 1.81. The van der Waals surface area contributed by atoms with Crippen molar-refractivity contribution < 1.29 is 18.0 Å². The van der Waals surface area contributed by atoms with E-state index in [4.69, 9.17) is 16.0 Å². The molecular formula is C13H9ClF2N2O2. The molecular weight excluding hydrogens is 290 g/mol. The van der Waals surface area contributed by atoms with Crippen LogP contribution in [0.25, 0.3) is 11.3 Å². The van der Waals surface area contributed by atoms with Gasteiger partial charge in [0.1, 0.15) is 5.15 Å². The molecule has 2 heterocycles. The van der Waals surface area contributed by atoms with E-state index in [0.29, 0.717) is 5.56 Å². The number of pyridine rings is 1. The second kappa shape index (κ2) is 4.63. The van der Waals surface area contributed by atoms with E-state index < -0.39 is 30.5 Å². The highest BCUT2D eigenvalue weighted by Gasteiger charge is 2.49. The maximum atomic E-state index is 12.8. The number of ketones is 1. The van der Waals surface area contributed by atoms with Gasteiger partial charge in [-0.15, -0.1) is 0 Å². The molecule has 0 saturated heterocycles. The number of oxazole rings is 1. The molecule has 0 amide bonds. The van der Waals surface area contributed by atoms with Crippen molar-refractivity contribution in [1.82, 2.24) is 9.97 Å². The van der Waals surface area contributed by atoms with Gasteiger partial charge in [-0.3, -0.25) is 4.79 Å². The zero-order valence-electron chi connectivity index (χ0n) is 10.1. The molecule has 4 nitrogen and oxygen atoms in total. The van der Waals surface area contributed by atoms with Gasteiger partial charge in [-0.2, -0.15) is 0 Å². The van der Waals surface area contributed by atoms with E-state index in [1.54, 1.807) is 12.1 Å². The van der Waals surface area contributed by atoms with Gasteiger partial charge in [0.25, 0.3) is 5.89 Å². The summed E-state index contributed by atoms with van der Waals surface area (Å²) in [6, 6.07) is 3.33. The summed E-state index contributed by atoms with van der Waals surface area (Å²) in [7, 11) is 0.